The quantitative estimate of drug-likeness (QED) is 0.784. The lowest BCUT2D eigenvalue weighted by atomic mass is 10.0. The summed E-state index contributed by atoms with van der Waals surface area (Å²) < 4.78 is 13.6. The third-order valence-electron chi connectivity index (χ3n) is 3.85. The van der Waals surface area contributed by atoms with Crippen molar-refractivity contribution in [3.63, 3.8) is 0 Å². The van der Waals surface area contributed by atoms with Gasteiger partial charge in [0.15, 0.2) is 0 Å². The maximum absolute atomic E-state index is 13.6. The zero-order chi connectivity index (χ0) is 20.0. The first-order chi connectivity index (χ1) is 12.8. The minimum Gasteiger partial charge on any atom is -0.323 e. The number of hydrogen-bond donors (Lipinski definition) is 2. The number of halogens is 1. The molecule has 0 saturated heterocycles. The van der Waals surface area contributed by atoms with E-state index in [1.165, 1.54) is 12.1 Å². The first-order valence-corrected chi connectivity index (χ1v) is 8.54. The molecule has 0 spiro atoms. The number of likely N-dealkylation sites (N-methyl/N-ethyl adjacent to an activating group) is 2. The van der Waals surface area contributed by atoms with Gasteiger partial charge in [0.1, 0.15) is 11.9 Å². The Morgan fingerprint density at radius 1 is 0.963 bits per heavy atom. The van der Waals surface area contributed by atoms with Crippen LogP contribution >= 0.6 is 0 Å². The van der Waals surface area contributed by atoms with Crippen molar-refractivity contribution in [2.75, 3.05) is 45.4 Å². The third kappa shape index (κ3) is 5.87. The maximum Gasteiger partial charge on any atom is 0.246 e. The number of para-hydroxylation sites is 2. The molecule has 7 heteroatoms. The molecule has 1 unspecified atom stereocenters. The fraction of sp³-hybridized carbons (Fsp3) is 0.300. The molecule has 1 atom stereocenters. The Labute approximate surface area is 159 Å². The van der Waals surface area contributed by atoms with Crippen molar-refractivity contribution in [3.05, 3.63) is 59.9 Å². The van der Waals surface area contributed by atoms with Crippen molar-refractivity contribution in [2.45, 2.75) is 6.04 Å². The fourth-order valence-electron chi connectivity index (χ4n) is 2.74. The van der Waals surface area contributed by atoms with Gasteiger partial charge in [-0.1, -0.05) is 24.3 Å². The molecule has 0 saturated carbocycles. The Hall–Kier alpha value is -2.77. The van der Waals surface area contributed by atoms with Gasteiger partial charge in [0.25, 0.3) is 0 Å². The van der Waals surface area contributed by atoms with Crippen LogP contribution in [-0.2, 0) is 9.59 Å². The molecule has 6 nitrogen and oxygen atoms in total. The summed E-state index contributed by atoms with van der Waals surface area (Å²) in [5.41, 5.74) is 1.54. The van der Waals surface area contributed by atoms with Gasteiger partial charge in [0, 0.05) is 0 Å². The van der Waals surface area contributed by atoms with E-state index in [9.17, 15) is 14.0 Å². The Kier molecular flexibility index (Phi) is 7.04. The average Bonchev–Trinajstić information content (AvgIpc) is 2.55. The molecule has 0 radical (unpaired) electrons. The molecule has 0 aromatic heterocycles. The highest BCUT2D eigenvalue weighted by Gasteiger charge is 2.24. The number of carbonyl (C=O) groups is 2. The number of rotatable bonds is 7. The van der Waals surface area contributed by atoms with Crippen LogP contribution in [0.1, 0.15) is 11.6 Å². The van der Waals surface area contributed by atoms with Gasteiger partial charge in [-0.15, -0.1) is 0 Å². The van der Waals surface area contributed by atoms with E-state index < -0.39 is 11.9 Å². The molecule has 0 aliphatic heterocycles. The van der Waals surface area contributed by atoms with Crippen molar-refractivity contribution >= 4 is 23.2 Å². The van der Waals surface area contributed by atoms with Crippen molar-refractivity contribution in [1.29, 1.82) is 0 Å². The number of amides is 2. The van der Waals surface area contributed by atoms with E-state index in [1.54, 1.807) is 74.4 Å². The summed E-state index contributed by atoms with van der Waals surface area (Å²) in [5, 5.41) is 5.63. The van der Waals surface area contributed by atoms with Crippen molar-refractivity contribution in [2.24, 2.45) is 0 Å². The van der Waals surface area contributed by atoms with Crippen molar-refractivity contribution < 1.29 is 14.0 Å². The zero-order valence-corrected chi connectivity index (χ0v) is 16.0. The predicted octanol–water partition coefficient (Wildman–Crippen LogP) is 2.57. The molecule has 2 rings (SSSR count). The lowest BCUT2D eigenvalue weighted by Gasteiger charge is -2.24. The average molecular weight is 372 g/mol. The number of carbonyl (C=O) groups excluding carboxylic acids is 2. The third-order valence-corrected chi connectivity index (χ3v) is 3.85. The van der Waals surface area contributed by atoms with Gasteiger partial charge in [-0.25, -0.2) is 4.39 Å². The van der Waals surface area contributed by atoms with Crippen LogP contribution in [-0.4, -0.2) is 56.3 Å². The van der Waals surface area contributed by atoms with Crippen molar-refractivity contribution in [1.82, 2.24) is 9.80 Å². The summed E-state index contributed by atoms with van der Waals surface area (Å²) in [4.78, 5) is 28.4. The van der Waals surface area contributed by atoms with E-state index >= 15 is 0 Å². The number of nitrogens with zero attached hydrogens (tertiary/aromatic N) is 2. The summed E-state index contributed by atoms with van der Waals surface area (Å²) in [7, 11) is 7.10. The lowest BCUT2D eigenvalue weighted by molar-refractivity contribution is -0.120. The molecular formula is C20H25FN4O2. The van der Waals surface area contributed by atoms with Crippen LogP contribution in [0.15, 0.2) is 48.5 Å². The van der Waals surface area contributed by atoms with Gasteiger partial charge in [-0.2, -0.15) is 0 Å². The van der Waals surface area contributed by atoms with Crippen LogP contribution in [0, 0.1) is 5.82 Å². The van der Waals surface area contributed by atoms with Gasteiger partial charge in [0.2, 0.25) is 11.8 Å². The second-order valence-electron chi connectivity index (χ2n) is 6.74. The summed E-state index contributed by atoms with van der Waals surface area (Å²) >= 11 is 0. The standard InChI is InChI=1S/C20H25FN4O2/c1-24(2)13-18(26)22-16-10-5-6-11-17(16)23-20(27)19(25(3)4)14-8-7-9-15(21)12-14/h5-12,19H,13H2,1-4H3,(H,22,26)(H,23,27). The highest BCUT2D eigenvalue weighted by Crippen LogP contribution is 2.25. The van der Waals surface area contributed by atoms with E-state index in [-0.39, 0.29) is 18.4 Å². The first kappa shape index (κ1) is 20.5. The van der Waals surface area contributed by atoms with Crippen molar-refractivity contribution in [3.8, 4) is 0 Å². The summed E-state index contributed by atoms with van der Waals surface area (Å²) in [6.45, 7) is 0.228. The second-order valence-corrected chi connectivity index (χ2v) is 6.74. The van der Waals surface area contributed by atoms with Gasteiger partial charge >= 0.3 is 0 Å². The van der Waals surface area contributed by atoms with E-state index in [0.29, 0.717) is 16.9 Å². The highest BCUT2D eigenvalue weighted by atomic mass is 19.1. The molecule has 144 valence electrons. The van der Waals surface area contributed by atoms with Crippen LogP contribution in [0.5, 0.6) is 0 Å². The summed E-state index contributed by atoms with van der Waals surface area (Å²) in [5.74, 6) is -0.903. The largest absolute Gasteiger partial charge is 0.323 e. The molecule has 2 aromatic carbocycles. The zero-order valence-electron chi connectivity index (χ0n) is 16.0. The molecule has 0 heterocycles. The number of anilines is 2. The lowest BCUT2D eigenvalue weighted by Crippen LogP contribution is -2.33. The Morgan fingerprint density at radius 3 is 2.15 bits per heavy atom. The first-order valence-electron chi connectivity index (χ1n) is 8.54. The Balaban J connectivity index is 2.22. The number of hydrogen-bond acceptors (Lipinski definition) is 4. The molecule has 0 aliphatic rings. The Morgan fingerprint density at radius 2 is 1.59 bits per heavy atom. The molecular weight excluding hydrogens is 347 g/mol. The highest BCUT2D eigenvalue weighted by molar-refractivity contribution is 6.02. The monoisotopic (exact) mass is 372 g/mol. The molecule has 27 heavy (non-hydrogen) atoms. The summed E-state index contributed by atoms with van der Waals surface area (Å²) in [6, 6.07) is 12.3. The van der Waals surface area contributed by atoms with Crippen LogP contribution < -0.4 is 10.6 Å². The minimum absolute atomic E-state index is 0.184. The molecule has 2 aromatic rings. The number of benzene rings is 2. The fourth-order valence-corrected chi connectivity index (χ4v) is 2.74. The van der Waals surface area contributed by atoms with E-state index in [1.807, 2.05) is 0 Å². The molecule has 0 aliphatic carbocycles. The van der Waals surface area contributed by atoms with Crippen LogP contribution in [0.25, 0.3) is 0 Å². The maximum atomic E-state index is 13.6. The van der Waals surface area contributed by atoms with E-state index in [0.717, 1.165) is 0 Å². The Bertz CT molecular complexity index is 808. The molecule has 2 amide bonds. The smallest absolute Gasteiger partial charge is 0.246 e. The van der Waals surface area contributed by atoms with Gasteiger partial charge < -0.3 is 15.5 Å². The molecule has 0 fully saturated rings. The van der Waals surface area contributed by atoms with E-state index in [4.69, 9.17) is 0 Å². The molecule has 2 N–H and O–H groups in total. The molecule has 0 bridgehead atoms. The van der Waals surface area contributed by atoms with Gasteiger partial charge in [-0.05, 0) is 58.0 Å². The SMILES string of the molecule is CN(C)CC(=O)Nc1ccccc1NC(=O)C(c1cccc(F)c1)N(C)C. The second kappa shape index (κ2) is 9.25. The topological polar surface area (TPSA) is 64.7 Å². The van der Waals surface area contributed by atoms with E-state index in [2.05, 4.69) is 10.6 Å². The van der Waals surface area contributed by atoms with Crippen LogP contribution in [0.4, 0.5) is 15.8 Å². The van der Waals surface area contributed by atoms with Gasteiger partial charge in [-0.3, -0.25) is 14.5 Å². The minimum atomic E-state index is -0.675. The summed E-state index contributed by atoms with van der Waals surface area (Å²) in [6.07, 6.45) is 0. The van der Waals surface area contributed by atoms with Gasteiger partial charge in [0.05, 0.1) is 17.9 Å². The predicted molar refractivity (Wildman–Crippen MR) is 105 cm³/mol. The number of nitrogens with one attached hydrogen (secondary N) is 2. The normalized spacial score (nSPS) is 12.1. The van der Waals surface area contributed by atoms with Crippen LogP contribution in [0.2, 0.25) is 0 Å². The van der Waals surface area contributed by atoms with Crippen LogP contribution in [0.3, 0.4) is 0 Å².